The molecule has 2 rings (SSSR count). The molecule has 0 aliphatic rings. The minimum Gasteiger partial charge on any atom is -0.282 e. The van der Waals surface area contributed by atoms with Crippen molar-refractivity contribution in [3.05, 3.63) is 53.3 Å². The second-order valence-corrected chi connectivity index (χ2v) is 5.18. The number of nitrogens with zero attached hydrogens (tertiary/aromatic N) is 1. The van der Waals surface area contributed by atoms with Crippen LogP contribution in [0.4, 0.5) is 0 Å². The number of aromatic amines is 1. The van der Waals surface area contributed by atoms with Crippen LogP contribution < -0.4 is 0 Å². The van der Waals surface area contributed by atoms with Crippen LogP contribution in [0.1, 0.15) is 37.6 Å². The zero-order valence-corrected chi connectivity index (χ0v) is 10.1. The number of hydrogen-bond donors (Lipinski definition) is 1. The van der Waals surface area contributed by atoms with Gasteiger partial charge in [-0.2, -0.15) is 5.10 Å². The van der Waals surface area contributed by atoms with Gasteiger partial charge in [0.15, 0.2) is 0 Å². The number of nitrogens with one attached hydrogen (secondary N) is 1. The largest absolute Gasteiger partial charge is 0.282 e. The van der Waals surface area contributed by atoms with E-state index in [2.05, 4.69) is 55.2 Å². The highest BCUT2D eigenvalue weighted by Crippen LogP contribution is 2.24. The van der Waals surface area contributed by atoms with Crippen molar-refractivity contribution in [1.82, 2.24) is 10.2 Å². The Kier molecular flexibility index (Phi) is 2.82. The van der Waals surface area contributed by atoms with Crippen molar-refractivity contribution >= 4 is 0 Å². The second kappa shape index (κ2) is 4.12. The highest BCUT2D eigenvalue weighted by atomic mass is 15.1. The molecule has 0 bridgehead atoms. The summed E-state index contributed by atoms with van der Waals surface area (Å²) < 4.78 is 0. The van der Waals surface area contributed by atoms with Gasteiger partial charge in [0.1, 0.15) is 0 Å². The summed E-state index contributed by atoms with van der Waals surface area (Å²) in [5.74, 6) is 0. The molecule has 1 aromatic carbocycles. The normalized spacial score (nSPS) is 11.7. The molecule has 0 amide bonds. The van der Waals surface area contributed by atoms with Crippen molar-refractivity contribution in [2.75, 3.05) is 0 Å². The van der Waals surface area contributed by atoms with E-state index >= 15 is 0 Å². The van der Waals surface area contributed by atoms with E-state index in [4.69, 9.17) is 0 Å². The standard InChI is InChI=1S/C14H18N2/c1-14(2,3)13-12(10-15-16-13)9-11-7-5-4-6-8-11/h4-8,10H,9H2,1-3H3,(H,15,16). The molecule has 1 heterocycles. The van der Waals surface area contributed by atoms with Crippen LogP contribution >= 0.6 is 0 Å². The maximum Gasteiger partial charge on any atom is 0.0525 e. The Labute approximate surface area is 96.7 Å². The molecule has 0 saturated carbocycles. The Bertz CT molecular complexity index is 449. The Morgan fingerprint density at radius 1 is 1.12 bits per heavy atom. The predicted octanol–water partition coefficient (Wildman–Crippen LogP) is 3.30. The third-order valence-electron chi connectivity index (χ3n) is 2.71. The summed E-state index contributed by atoms with van der Waals surface area (Å²) in [6.07, 6.45) is 2.89. The van der Waals surface area contributed by atoms with Crippen LogP contribution in [0.25, 0.3) is 0 Å². The number of hydrogen-bond acceptors (Lipinski definition) is 1. The lowest BCUT2D eigenvalue weighted by Gasteiger charge is -2.18. The average Bonchev–Trinajstić information content (AvgIpc) is 2.67. The summed E-state index contributed by atoms with van der Waals surface area (Å²) in [7, 11) is 0. The zero-order valence-electron chi connectivity index (χ0n) is 10.1. The van der Waals surface area contributed by atoms with Crippen LogP contribution in [-0.2, 0) is 11.8 Å². The first-order valence-corrected chi connectivity index (χ1v) is 5.64. The van der Waals surface area contributed by atoms with Crippen molar-refractivity contribution in [3.8, 4) is 0 Å². The van der Waals surface area contributed by atoms with Crippen molar-refractivity contribution in [2.45, 2.75) is 32.6 Å². The molecule has 2 heteroatoms. The molecule has 1 N–H and O–H groups in total. The maximum atomic E-state index is 4.16. The zero-order chi connectivity index (χ0) is 11.6. The number of aromatic nitrogens is 2. The van der Waals surface area contributed by atoms with Gasteiger partial charge in [0.25, 0.3) is 0 Å². The molecule has 0 fully saturated rings. The highest BCUT2D eigenvalue weighted by molar-refractivity contribution is 5.30. The first-order valence-electron chi connectivity index (χ1n) is 5.64. The van der Waals surface area contributed by atoms with Crippen molar-refractivity contribution < 1.29 is 0 Å². The molecule has 16 heavy (non-hydrogen) atoms. The summed E-state index contributed by atoms with van der Waals surface area (Å²) >= 11 is 0. The van der Waals surface area contributed by atoms with Crippen molar-refractivity contribution in [2.24, 2.45) is 0 Å². The number of rotatable bonds is 2. The van der Waals surface area contributed by atoms with Gasteiger partial charge in [-0.3, -0.25) is 5.10 Å². The van der Waals surface area contributed by atoms with Crippen LogP contribution in [-0.4, -0.2) is 10.2 Å². The molecule has 84 valence electrons. The van der Waals surface area contributed by atoms with Gasteiger partial charge in [0.2, 0.25) is 0 Å². The van der Waals surface area contributed by atoms with E-state index in [1.54, 1.807) is 0 Å². The van der Waals surface area contributed by atoms with Crippen LogP contribution in [0.5, 0.6) is 0 Å². The number of benzene rings is 1. The van der Waals surface area contributed by atoms with Crippen LogP contribution in [0, 0.1) is 0 Å². The van der Waals surface area contributed by atoms with E-state index in [-0.39, 0.29) is 5.41 Å². The topological polar surface area (TPSA) is 28.7 Å². The molecule has 0 atom stereocenters. The molecule has 1 aromatic heterocycles. The molecular formula is C14H18N2. The fraction of sp³-hybridized carbons (Fsp3) is 0.357. The Morgan fingerprint density at radius 3 is 2.44 bits per heavy atom. The summed E-state index contributed by atoms with van der Waals surface area (Å²) in [4.78, 5) is 0. The molecule has 0 aliphatic carbocycles. The summed E-state index contributed by atoms with van der Waals surface area (Å²) in [6, 6.07) is 10.5. The van der Waals surface area contributed by atoms with Crippen LogP contribution in [0.15, 0.2) is 36.5 Å². The second-order valence-electron chi connectivity index (χ2n) is 5.18. The lowest BCUT2D eigenvalue weighted by Crippen LogP contribution is -2.14. The summed E-state index contributed by atoms with van der Waals surface area (Å²) in [5, 5.41) is 7.28. The van der Waals surface area contributed by atoms with Gasteiger partial charge in [0.05, 0.1) is 6.20 Å². The first kappa shape index (κ1) is 10.9. The number of H-pyrrole nitrogens is 1. The molecule has 2 aromatic rings. The summed E-state index contributed by atoms with van der Waals surface area (Å²) in [6.45, 7) is 6.61. The van der Waals surface area contributed by atoms with Gasteiger partial charge >= 0.3 is 0 Å². The quantitative estimate of drug-likeness (QED) is 0.816. The van der Waals surface area contributed by atoms with Crippen molar-refractivity contribution in [1.29, 1.82) is 0 Å². The van der Waals surface area contributed by atoms with E-state index in [9.17, 15) is 0 Å². The Morgan fingerprint density at radius 2 is 1.81 bits per heavy atom. The van der Waals surface area contributed by atoms with E-state index in [1.165, 1.54) is 16.8 Å². The predicted molar refractivity (Wildman–Crippen MR) is 66.5 cm³/mol. The molecule has 0 unspecified atom stereocenters. The van der Waals surface area contributed by atoms with Gasteiger partial charge in [-0.25, -0.2) is 0 Å². The molecule has 0 aliphatic heterocycles. The summed E-state index contributed by atoms with van der Waals surface area (Å²) in [5.41, 5.74) is 3.98. The Hall–Kier alpha value is -1.57. The van der Waals surface area contributed by atoms with Gasteiger partial charge in [0, 0.05) is 17.5 Å². The van der Waals surface area contributed by atoms with Crippen LogP contribution in [0.3, 0.4) is 0 Å². The third kappa shape index (κ3) is 2.32. The van der Waals surface area contributed by atoms with Gasteiger partial charge in [-0.15, -0.1) is 0 Å². The van der Waals surface area contributed by atoms with E-state index in [0.717, 1.165) is 6.42 Å². The SMILES string of the molecule is CC(C)(C)c1[nH]ncc1Cc1ccccc1. The third-order valence-corrected chi connectivity index (χ3v) is 2.71. The minimum absolute atomic E-state index is 0.126. The van der Waals surface area contributed by atoms with Gasteiger partial charge in [-0.05, 0) is 11.1 Å². The average molecular weight is 214 g/mol. The van der Waals surface area contributed by atoms with Crippen molar-refractivity contribution in [3.63, 3.8) is 0 Å². The fourth-order valence-corrected chi connectivity index (χ4v) is 1.91. The van der Waals surface area contributed by atoms with Crippen LogP contribution in [0.2, 0.25) is 0 Å². The van der Waals surface area contributed by atoms with E-state index < -0.39 is 0 Å². The minimum atomic E-state index is 0.126. The molecule has 0 radical (unpaired) electrons. The van der Waals surface area contributed by atoms with E-state index in [1.807, 2.05) is 12.3 Å². The molecular weight excluding hydrogens is 196 g/mol. The first-order chi connectivity index (χ1) is 7.57. The lowest BCUT2D eigenvalue weighted by atomic mass is 9.88. The maximum absolute atomic E-state index is 4.16. The Balaban J connectivity index is 2.26. The van der Waals surface area contributed by atoms with Gasteiger partial charge in [-0.1, -0.05) is 51.1 Å². The molecule has 0 saturated heterocycles. The smallest absolute Gasteiger partial charge is 0.0525 e. The monoisotopic (exact) mass is 214 g/mol. The van der Waals surface area contributed by atoms with E-state index in [0.29, 0.717) is 0 Å². The highest BCUT2D eigenvalue weighted by Gasteiger charge is 2.19. The van der Waals surface area contributed by atoms with Gasteiger partial charge < -0.3 is 0 Å². The molecule has 2 nitrogen and oxygen atoms in total. The molecule has 0 spiro atoms. The lowest BCUT2D eigenvalue weighted by molar-refractivity contribution is 0.561. The fourth-order valence-electron chi connectivity index (χ4n) is 1.91.